The van der Waals surface area contributed by atoms with Gasteiger partial charge in [-0.2, -0.15) is 0 Å². The van der Waals surface area contributed by atoms with Crippen LogP contribution in [-0.4, -0.2) is 36.6 Å². The summed E-state index contributed by atoms with van der Waals surface area (Å²) in [6, 6.07) is 0. The first-order valence-electron chi connectivity index (χ1n) is 6.50. The van der Waals surface area contributed by atoms with Gasteiger partial charge in [0.2, 0.25) is 0 Å². The monoisotopic (exact) mass is 227 g/mol. The highest BCUT2D eigenvalue weighted by atomic mass is 16.5. The van der Waals surface area contributed by atoms with Crippen molar-refractivity contribution in [1.82, 2.24) is 4.90 Å². The largest absolute Gasteiger partial charge is 0.469 e. The minimum Gasteiger partial charge on any atom is -0.469 e. The second-order valence-electron chi connectivity index (χ2n) is 4.71. The molecule has 3 heteroatoms. The Kier molecular flexibility index (Phi) is 5.26. The van der Waals surface area contributed by atoms with Crippen LogP contribution in [-0.2, 0) is 9.53 Å². The second-order valence-corrected chi connectivity index (χ2v) is 4.71. The van der Waals surface area contributed by atoms with Crippen LogP contribution >= 0.6 is 0 Å². The number of rotatable bonds is 5. The fraction of sp³-hybridized carbons (Fsp3) is 0.923. The van der Waals surface area contributed by atoms with E-state index in [1.165, 1.54) is 26.4 Å². The first-order chi connectivity index (χ1) is 7.68. The molecule has 0 aliphatic heterocycles. The Morgan fingerprint density at radius 1 is 1.19 bits per heavy atom. The molecule has 0 aromatic heterocycles. The summed E-state index contributed by atoms with van der Waals surface area (Å²) in [6.07, 6.45) is 6.64. The van der Waals surface area contributed by atoms with Crippen LogP contribution in [0.4, 0.5) is 0 Å². The van der Waals surface area contributed by atoms with Crippen LogP contribution < -0.4 is 0 Å². The molecule has 0 amide bonds. The van der Waals surface area contributed by atoms with Crippen LogP contribution in [0.5, 0.6) is 0 Å². The molecule has 0 N–H and O–H groups in total. The van der Waals surface area contributed by atoms with Gasteiger partial charge in [-0.15, -0.1) is 0 Å². The van der Waals surface area contributed by atoms with Crippen molar-refractivity contribution in [2.45, 2.75) is 57.9 Å². The van der Waals surface area contributed by atoms with E-state index >= 15 is 0 Å². The molecule has 1 aliphatic rings. The van der Waals surface area contributed by atoms with Gasteiger partial charge in [-0.3, -0.25) is 9.69 Å². The Morgan fingerprint density at radius 3 is 2.19 bits per heavy atom. The van der Waals surface area contributed by atoms with Crippen LogP contribution in [0.2, 0.25) is 0 Å². The molecule has 0 spiro atoms. The van der Waals surface area contributed by atoms with E-state index in [1.54, 1.807) is 0 Å². The normalized spacial score (nSPS) is 19.8. The van der Waals surface area contributed by atoms with Crippen LogP contribution in [0.15, 0.2) is 0 Å². The van der Waals surface area contributed by atoms with Crippen molar-refractivity contribution in [3.63, 3.8) is 0 Å². The third-order valence-corrected chi connectivity index (χ3v) is 3.92. The van der Waals surface area contributed by atoms with Crippen molar-refractivity contribution < 1.29 is 9.53 Å². The standard InChI is InChI=1S/C13H25NO2/c1-4-14(5-2)13(11-12(15)16-3)9-7-6-8-10-13/h4-11H2,1-3H3. The highest BCUT2D eigenvalue weighted by molar-refractivity contribution is 5.70. The van der Waals surface area contributed by atoms with Gasteiger partial charge in [0.05, 0.1) is 13.5 Å². The summed E-state index contributed by atoms with van der Waals surface area (Å²) in [5.74, 6) is -0.0613. The Morgan fingerprint density at radius 2 is 1.75 bits per heavy atom. The maximum absolute atomic E-state index is 11.6. The zero-order valence-electron chi connectivity index (χ0n) is 10.9. The summed E-state index contributed by atoms with van der Waals surface area (Å²) in [6.45, 7) is 6.40. The van der Waals surface area contributed by atoms with Gasteiger partial charge < -0.3 is 4.74 Å². The Hall–Kier alpha value is -0.570. The molecule has 0 aromatic rings. The molecule has 0 heterocycles. The maximum atomic E-state index is 11.6. The van der Waals surface area contributed by atoms with Gasteiger partial charge in [0.1, 0.15) is 0 Å². The number of hydrogen-bond acceptors (Lipinski definition) is 3. The molecule has 3 nitrogen and oxygen atoms in total. The zero-order valence-corrected chi connectivity index (χ0v) is 10.9. The first-order valence-corrected chi connectivity index (χ1v) is 6.50. The van der Waals surface area contributed by atoms with Gasteiger partial charge in [-0.05, 0) is 25.9 Å². The van der Waals surface area contributed by atoms with E-state index in [9.17, 15) is 4.79 Å². The molecule has 1 rings (SSSR count). The molecule has 0 unspecified atom stereocenters. The van der Waals surface area contributed by atoms with Crippen LogP contribution in [0.1, 0.15) is 52.4 Å². The second kappa shape index (κ2) is 6.24. The van der Waals surface area contributed by atoms with Gasteiger partial charge in [0, 0.05) is 5.54 Å². The van der Waals surface area contributed by atoms with E-state index in [0.717, 1.165) is 25.9 Å². The summed E-state index contributed by atoms with van der Waals surface area (Å²) in [5, 5.41) is 0. The third kappa shape index (κ3) is 2.97. The van der Waals surface area contributed by atoms with Crippen LogP contribution in [0, 0.1) is 0 Å². The van der Waals surface area contributed by atoms with Crippen LogP contribution in [0.3, 0.4) is 0 Å². The van der Waals surface area contributed by atoms with E-state index in [-0.39, 0.29) is 11.5 Å². The number of ether oxygens (including phenoxy) is 1. The molecule has 1 saturated carbocycles. The van der Waals surface area contributed by atoms with E-state index in [2.05, 4.69) is 18.7 Å². The summed E-state index contributed by atoms with van der Waals surface area (Å²) in [4.78, 5) is 14.0. The fourth-order valence-corrected chi connectivity index (χ4v) is 3.05. The average Bonchev–Trinajstić information content (AvgIpc) is 2.31. The lowest BCUT2D eigenvalue weighted by Crippen LogP contribution is -2.51. The molecule has 0 aromatic carbocycles. The molecular weight excluding hydrogens is 202 g/mol. The first kappa shape index (κ1) is 13.5. The van der Waals surface area contributed by atoms with E-state index in [1.807, 2.05) is 0 Å². The number of carbonyl (C=O) groups excluding carboxylic acids is 1. The smallest absolute Gasteiger partial charge is 0.307 e. The fourth-order valence-electron chi connectivity index (χ4n) is 3.05. The topological polar surface area (TPSA) is 29.5 Å². The molecule has 0 radical (unpaired) electrons. The Balaban J connectivity index is 2.77. The molecule has 16 heavy (non-hydrogen) atoms. The zero-order chi connectivity index (χ0) is 12.0. The number of methoxy groups -OCH3 is 1. The molecule has 1 fully saturated rings. The van der Waals surface area contributed by atoms with E-state index < -0.39 is 0 Å². The van der Waals surface area contributed by atoms with Crippen molar-refractivity contribution in [1.29, 1.82) is 0 Å². The van der Waals surface area contributed by atoms with Gasteiger partial charge in [0.15, 0.2) is 0 Å². The van der Waals surface area contributed by atoms with Crippen molar-refractivity contribution in [2.24, 2.45) is 0 Å². The number of carbonyl (C=O) groups is 1. The van der Waals surface area contributed by atoms with Crippen molar-refractivity contribution >= 4 is 5.97 Å². The third-order valence-electron chi connectivity index (χ3n) is 3.92. The SMILES string of the molecule is CCN(CC)C1(CC(=O)OC)CCCCC1. The van der Waals surface area contributed by atoms with Crippen LogP contribution in [0.25, 0.3) is 0 Å². The average molecular weight is 227 g/mol. The number of esters is 1. The minimum atomic E-state index is -0.0613. The molecule has 94 valence electrons. The summed E-state index contributed by atoms with van der Waals surface area (Å²) in [7, 11) is 1.49. The van der Waals surface area contributed by atoms with E-state index in [0.29, 0.717) is 6.42 Å². The molecule has 1 aliphatic carbocycles. The van der Waals surface area contributed by atoms with Crippen molar-refractivity contribution in [3.05, 3.63) is 0 Å². The molecule has 0 atom stereocenters. The Bertz CT molecular complexity index is 218. The van der Waals surface area contributed by atoms with Crippen molar-refractivity contribution in [2.75, 3.05) is 20.2 Å². The quantitative estimate of drug-likeness (QED) is 0.676. The van der Waals surface area contributed by atoms with Gasteiger partial charge in [-0.25, -0.2) is 0 Å². The lowest BCUT2D eigenvalue weighted by atomic mass is 9.77. The van der Waals surface area contributed by atoms with E-state index in [4.69, 9.17) is 4.74 Å². The minimum absolute atomic E-state index is 0.0613. The lowest BCUT2D eigenvalue weighted by Gasteiger charge is -2.45. The summed E-state index contributed by atoms with van der Waals surface area (Å²) in [5.41, 5.74) is 0.0782. The maximum Gasteiger partial charge on any atom is 0.307 e. The molecular formula is C13H25NO2. The predicted molar refractivity (Wildman–Crippen MR) is 65.4 cm³/mol. The Labute approximate surface area is 99.1 Å². The highest BCUT2D eigenvalue weighted by Gasteiger charge is 2.38. The number of nitrogens with zero attached hydrogens (tertiary/aromatic N) is 1. The van der Waals surface area contributed by atoms with Gasteiger partial charge in [-0.1, -0.05) is 33.1 Å². The van der Waals surface area contributed by atoms with Crippen molar-refractivity contribution in [3.8, 4) is 0 Å². The number of hydrogen-bond donors (Lipinski definition) is 0. The molecule has 0 bridgehead atoms. The molecule has 0 saturated heterocycles. The predicted octanol–water partition coefficient (Wildman–Crippen LogP) is 2.59. The highest BCUT2D eigenvalue weighted by Crippen LogP contribution is 2.36. The summed E-state index contributed by atoms with van der Waals surface area (Å²) < 4.78 is 4.85. The van der Waals surface area contributed by atoms with Gasteiger partial charge in [0.25, 0.3) is 0 Å². The lowest BCUT2D eigenvalue weighted by molar-refractivity contribution is -0.145. The summed E-state index contributed by atoms with van der Waals surface area (Å²) >= 11 is 0. The van der Waals surface area contributed by atoms with Gasteiger partial charge >= 0.3 is 5.97 Å².